The number of nitrogens with zero attached hydrogens (tertiary/aromatic N) is 4. The summed E-state index contributed by atoms with van der Waals surface area (Å²) in [5.74, 6) is 0.326. The maximum Gasteiger partial charge on any atom is 0.357 e. The van der Waals surface area contributed by atoms with Crippen molar-refractivity contribution in [3.8, 4) is 11.4 Å². The number of tetrazole rings is 1. The Hall–Kier alpha value is -3.26. The second kappa shape index (κ2) is 8.72. The van der Waals surface area contributed by atoms with Gasteiger partial charge in [0.1, 0.15) is 12.4 Å². The van der Waals surface area contributed by atoms with E-state index in [4.69, 9.17) is 13.9 Å². The van der Waals surface area contributed by atoms with Gasteiger partial charge < -0.3 is 13.9 Å². The van der Waals surface area contributed by atoms with Gasteiger partial charge in [-0.25, -0.2) is 4.79 Å². The van der Waals surface area contributed by atoms with Crippen molar-refractivity contribution in [1.29, 1.82) is 0 Å². The molecule has 134 valence electrons. The molecular formula is C18H18N4O4. The zero-order valence-electron chi connectivity index (χ0n) is 14.2. The Labute approximate surface area is 150 Å². The molecule has 8 nitrogen and oxygen atoms in total. The highest BCUT2D eigenvalue weighted by molar-refractivity contribution is 6.15. The molecule has 0 aliphatic rings. The van der Waals surface area contributed by atoms with Crippen LogP contribution in [-0.2, 0) is 14.3 Å². The Morgan fingerprint density at radius 2 is 2.04 bits per heavy atom. The maximum atomic E-state index is 12.6. The molecule has 0 aliphatic carbocycles. The molecular weight excluding hydrogens is 336 g/mol. The van der Waals surface area contributed by atoms with E-state index in [2.05, 4.69) is 15.5 Å². The molecule has 0 saturated carbocycles. The average Bonchev–Trinajstić information content (AvgIpc) is 3.35. The minimum atomic E-state index is -0.578. The van der Waals surface area contributed by atoms with Crippen molar-refractivity contribution in [3.63, 3.8) is 0 Å². The van der Waals surface area contributed by atoms with Gasteiger partial charge in [-0.1, -0.05) is 30.3 Å². The van der Waals surface area contributed by atoms with Crippen LogP contribution in [0.15, 0.2) is 53.1 Å². The number of hydrogen-bond acceptors (Lipinski definition) is 7. The minimum Gasteiger partial charge on any atom is -0.465 e. The number of esters is 1. The SMILES string of the molecule is CCOCCOC(=O)C(=Cc1ccco1)n1nnnc1-c1ccccc1. The lowest BCUT2D eigenvalue weighted by atomic mass is 10.2. The second-order valence-corrected chi connectivity index (χ2v) is 5.16. The first-order chi connectivity index (χ1) is 12.8. The summed E-state index contributed by atoms with van der Waals surface area (Å²) in [7, 11) is 0. The van der Waals surface area contributed by atoms with Crippen LogP contribution in [-0.4, -0.2) is 46.0 Å². The normalized spacial score (nSPS) is 11.5. The standard InChI is InChI=1S/C18H18N4O4/c1-2-24-11-12-26-18(23)16(13-15-9-6-10-25-15)22-17(19-20-21-22)14-7-4-3-5-8-14/h3-10,13H,2,11-12H2,1H3. The van der Waals surface area contributed by atoms with E-state index in [9.17, 15) is 4.79 Å². The molecule has 0 aliphatic heterocycles. The lowest BCUT2D eigenvalue weighted by molar-refractivity contribution is -0.138. The van der Waals surface area contributed by atoms with Gasteiger partial charge in [0.2, 0.25) is 0 Å². The molecule has 0 bridgehead atoms. The third-order valence-electron chi connectivity index (χ3n) is 3.43. The van der Waals surface area contributed by atoms with Crippen molar-refractivity contribution < 1.29 is 18.7 Å². The van der Waals surface area contributed by atoms with Gasteiger partial charge in [-0.15, -0.1) is 5.10 Å². The number of furan rings is 1. The quantitative estimate of drug-likeness (QED) is 0.349. The molecule has 0 atom stereocenters. The third-order valence-corrected chi connectivity index (χ3v) is 3.43. The molecule has 0 radical (unpaired) electrons. The number of hydrogen-bond donors (Lipinski definition) is 0. The monoisotopic (exact) mass is 354 g/mol. The molecule has 0 amide bonds. The van der Waals surface area contributed by atoms with Crippen LogP contribution in [0.2, 0.25) is 0 Å². The van der Waals surface area contributed by atoms with Crippen LogP contribution in [0.5, 0.6) is 0 Å². The van der Waals surface area contributed by atoms with Gasteiger partial charge in [-0.3, -0.25) is 0 Å². The average molecular weight is 354 g/mol. The fourth-order valence-electron chi connectivity index (χ4n) is 2.24. The molecule has 2 aromatic heterocycles. The van der Waals surface area contributed by atoms with Crippen molar-refractivity contribution in [1.82, 2.24) is 20.2 Å². The van der Waals surface area contributed by atoms with Crippen molar-refractivity contribution in [2.24, 2.45) is 0 Å². The van der Waals surface area contributed by atoms with Gasteiger partial charge in [0.15, 0.2) is 11.5 Å². The molecule has 0 N–H and O–H groups in total. The minimum absolute atomic E-state index is 0.130. The molecule has 26 heavy (non-hydrogen) atoms. The highest BCUT2D eigenvalue weighted by atomic mass is 16.6. The van der Waals surface area contributed by atoms with Gasteiger partial charge in [0.25, 0.3) is 0 Å². The van der Waals surface area contributed by atoms with Gasteiger partial charge in [0.05, 0.1) is 12.9 Å². The summed E-state index contributed by atoms with van der Waals surface area (Å²) >= 11 is 0. The summed E-state index contributed by atoms with van der Waals surface area (Å²) in [6, 6.07) is 12.8. The Morgan fingerprint density at radius 1 is 1.19 bits per heavy atom. The van der Waals surface area contributed by atoms with Crippen LogP contribution in [0.25, 0.3) is 23.2 Å². The van der Waals surface area contributed by atoms with E-state index in [-0.39, 0.29) is 12.3 Å². The van der Waals surface area contributed by atoms with E-state index in [1.54, 1.807) is 12.1 Å². The number of carbonyl (C=O) groups is 1. The largest absolute Gasteiger partial charge is 0.465 e. The van der Waals surface area contributed by atoms with Crippen molar-refractivity contribution in [3.05, 3.63) is 54.5 Å². The number of rotatable bonds is 8. The zero-order chi connectivity index (χ0) is 18.2. The van der Waals surface area contributed by atoms with Crippen LogP contribution in [0.4, 0.5) is 0 Å². The summed E-state index contributed by atoms with van der Waals surface area (Å²) in [6.07, 6.45) is 3.05. The predicted molar refractivity (Wildman–Crippen MR) is 93.6 cm³/mol. The van der Waals surface area contributed by atoms with Crippen molar-refractivity contribution >= 4 is 17.7 Å². The Kier molecular flexibility index (Phi) is 5.89. The molecule has 2 heterocycles. The summed E-state index contributed by atoms with van der Waals surface area (Å²) < 4.78 is 17.1. The van der Waals surface area contributed by atoms with E-state index in [0.717, 1.165) is 5.56 Å². The molecule has 0 unspecified atom stereocenters. The first-order valence-corrected chi connectivity index (χ1v) is 8.14. The lowest BCUT2D eigenvalue weighted by Crippen LogP contribution is -2.17. The van der Waals surface area contributed by atoms with Crippen LogP contribution in [0.3, 0.4) is 0 Å². The first-order valence-electron chi connectivity index (χ1n) is 8.14. The fraction of sp³-hybridized carbons (Fsp3) is 0.222. The maximum absolute atomic E-state index is 12.6. The molecule has 3 rings (SSSR count). The molecule has 0 saturated heterocycles. The first kappa shape index (κ1) is 17.6. The molecule has 1 aromatic carbocycles. The number of ether oxygens (including phenoxy) is 2. The van der Waals surface area contributed by atoms with Crippen molar-refractivity contribution in [2.45, 2.75) is 6.92 Å². The summed E-state index contributed by atoms with van der Waals surface area (Å²) in [5.41, 5.74) is 0.908. The van der Waals surface area contributed by atoms with Crippen LogP contribution in [0, 0.1) is 0 Å². The number of aromatic nitrogens is 4. The van der Waals surface area contributed by atoms with Gasteiger partial charge >= 0.3 is 5.97 Å². The zero-order valence-corrected chi connectivity index (χ0v) is 14.2. The molecule has 8 heteroatoms. The Morgan fingerprint density at radius 3 is 2.77 bits per heavy atom. The van der Waals surface area contributed by atoms with Crippen LogP contribution < -0.4 is 0 Å². The van der Waals surface area contributed by atoms with E-state index < -0.39 is 5.97 Å². The third kappa shape index (κ3) is 4.22. The highest BCUT2D eigenvalue weighted by Gasteiger charge is 2.21. The fourth-order valence-corrected chi connectivity index (χ4v) is 2.24. The molecule has 0 spiro atoms. The Balaban J connectivity index is 1.92. The van der Waals surface area contributed by atoms with Gasteiger partial charge in [0, 0.05) is 18.2 Å². The topological polar surface area (TPSA) is 92.3 Å². The second-order valence-electron chi connectivity index (χ2n) is 5.16. The highest BCUT2D eigenvalue weighted by Crippen LogP contribution is 2.21. The summed E-state index contributed by atoms with van der Waals surface area (Å²) in [5, 5.41) is 11.7. The van der Waals surface area contributed by atoms with E-state index in [1.165, 1.54) is 17.0 Å². The smallest absolute Gasteiger partial charge is 0.357 e. The molecule has 0 fully saturated rings. The predicted octanol–water partition coefficient (Wildman–Crippen LogP) is 2.51. The van der Waals surface area contributed by atoms with Crippen LogP contribution in [0.1, 0.15) is 12.7 Å². The van der Waals surface area contributed by atoms with E-state index in [1.807, 2.05) is 37.3 Å². The Bertz CT molecular complexity index is 856. The summed E-state index contributed by atoms with van der Waals surface area (Å²) in [4.78, 5) is 12.6. The number of benzene rings is 1. The molecule has 3 aromatic rings. The lowest BCUT2D eigenvalue weighted by Gasteiger charge is -2.09. The van der Waals surface area contributed by atoms with Crippen molar-refractivity contribution in [2.75, 3.05) is 19.8 Å². The number of carbonyl (C=O) groups excluding carboxylic acids is 1. The van der Waals surface area contributed by atoms with Crippen LogP contribution >= 0.6 is 0 Å². The van der Waals surface area contributed by atoms with E-state index >= 15 is 0 Å². The summed E-state index contributed by atoms with van der Waals surface area (Å²) in [6.45, 7) is 2.87. The van der Waals surface area contributed by atoms with Gasteiger partial charge in [-0.2, -0.15) is 4.68 Å². The van der Waals surface area contributed by atoms with Gasteiger partial charge in [-0.05, 0) is 29.5 Å². The van der Waals surface area contributed by atoms with E-state index in [0.29, 0.717) is 24.8 Å².